The van der Waals surface area contributed by atoms with Gasteiger partial charge in [0.2, 0.25) is 5.91 Å². The van der Waals surface area contributed by atoms with E-state index in [4.69, 9.17) is 11.6 Å². The van der Waals surface area contributed by atoms with Crippen molar-refractivity contribution < 1.29 is 9.90 Å². The third-order valence-corrected chi connectivity index (χ3v) is 6.23. The number of β-amino-alcohol motifs (C(OH)–C–C–N with tert-alkyl or cyclic N) is 1. The van der Waals surface area contributed by atoms with Gasteiger partial charge in [-0.15, -0.1) is 0 Å². The number of likely N-dealkylation sites (tertiary alicyclic amines) is 1. The molecule has 5 heteroatoms. The Morgan fingerprint density at radius 1 is 1.18 bits per heavy atom. The Labute approximate surface area is 171 Å². The number of fused-ring (bicyclic) bond motifs is 1. The second-order valence-corrected chi connectivity index (χ2v) is 8.42. The number of nitrogens with one attached hydrogen (secondary N) is 1. The quantitative estimate of drug-likeness (QED) is 0.793. The Hall–Kier alpha value is -1.88. The van der Waals surface area contributed by atoms with Gasteiger partial charge in [-0.25, -0.2) is 0 Å². The first-order valence-electron chi connectivity index (χ1n) is 10.2. The van der Waals surface area contributed by atoms with Gasteiger partial charge in [0.1, 0.15) is 0 Å². The monoisotopic (exact) mass is 398 g/mol. The van der Waals surface area contributed by atoms with Crippen molar-refractivity contribution in [2.45, 2.75) is 38.2 Å². The number of benzene rings is 2. The highest BCUT2D eigenvalue weighted by molar-refractivity contribution is 6.32. The van der Waals surface area contributed by atoms with Crippen molar-refractivity contribution in [1.82, 2.24) is 4.90 Å². The lowest BCUT2D eigenvalue weighted by atomic mass is 9.90. The minimum absolute atomic E-state index is 0.0101. The topological polar surface area (TPSA) is 52.6 Å². The lowest BCUT2D eigenvalue weighted by Gasteiger charge is -2.35. The van der Waals surface area contributed by atoms with Crippen molar-refractivity contribution in [3.63, 3.8) is 0 Å². The van der Waals surface area contributed by atoms with Gasteiger partial charge in [-0.2, -0.15) is 0 Å². The van der Waals surface area contributed by atoms with Crippen LogP contribution in [-0.2, 0) is 17.6 Å². The molecule has 2 heterocycles. The van der Waals surface area contributed by atoms with E-state index in [1.165, 1.54) is 12.0 Å². The van der Waals surface area contributed by atoms with Crippen LogP contribution in [0, 0.1) is 5.92 Å². The van der Waals surface area contributed by atoms with E-state index in [9.17, 15) is 9.90 Å². The lowest BCUT2D eigenvalue weighted by molar-refractivity contribution is -0.116. The highest BCUT2D eigenvalue weighted by atomic mass is 35.5. The summed E-state index contributed by atoms with van der Waals surface area (Å²) in [4.78, 5) is 14.2. The largest absolute Gasteiger partial charge is 0.387 e. The molecule has 28 heavy (non-hydrogen) atoms. The molecule has 2 aliphatic heterocycles. The lowest BCUT2D eigenvalue weighted by Crippen LogP contribution is -2.39. The molecule has 0 saturated carbocycles. The molecule has 2 aromatic carbocycles. The highest BCUT2D eigenvalue weighted by Gasteiger charge is 2.27. The molecule has 2 aliphatic rings. The van der Waals surface area contributed by atoms with Crippen LogP contribution in [0.2, 0.25) is 5.02 Å². The number of nitrogens with zero attached hydrogens (tertiary/aromatic N) is 1. The Bertz CT molecular complexity index is 840. The van der Waals surface area contributed by atoms with Crippen molar-refractivity contribution in [3.05, 3.63) is 64.2 Å². The summed E-state index contributed by atoms with van der Waals surface area (Å²) in [5.41, 5.74) is 3.81. The Morgan fingerprint density at radius 2 is 2.00 bits per heavy atom. The number of aryl methyl sites for hydroxylation is 1. The summed E-state index contributed by atoms with van der Waals surface area (Å²) < 4.78 is 0. The highest BCUT2D eigenvalue weighted by Crippen LogP contribution is 2.37. The van der Waals surface area contributed by atoms with Gasteiger partial charge in [-0.3, -0.25) is 4.79 Å². The van der Waals surface area contributed by atoms with Gasteiger partial charge in [-0.05, 0) is 55.3 Å². The third-order valence-electron chi connectivity index (χ3n) is 5.90. The molecule has 0 aliphatic carbocycles. The van der Waals surface area contributed by atoms with E-state index in [0.717, 1.165) is 31.5 Å². The normalized spacial score (nSPS) is 21.1. The number of carbonyl (C=O) groups excluding carboxylic acids is 1. The summed E-state index contributed by atoms with van der Waals surface area (Å²) in [5.74, 6) is 0.590. The molecule has 4 rings (SSSR count). The zero-order valence-corrected chi connectivity index (χ0v) is 16.8. The molecule has 2 N–H and O–H groups in total. The van der Waals surface area contributed by atoms with E-state index in [2.05, 4.69) is 40.5 Å². The molecule has 2 atom stereocenters. The predicted molar refractivity (Wildman–Crippen MR) is 113 cm³/mol. The van der Waals surface area contributed by atoms with E-state index in [1.807, 2.05) is 12.1 Å². The van der Waals surface area contributed by atoms with Crippen molar-refractivity contribution in [2.24, 2.45) is 5.92 Å². The maximum absolute atomic E-state index is 11.9. The number of aliphatic hydroxyl groups excluding tert-OH is 1. The van der Waals surface area contributed by atoms with Crippen LogP contribution in [0.25, 0.3) is 0 Å². The number of hydrogen-bond acceptors (Lipinski definition) is 3. The van der Waals surface area contributed by atoms with Crippen LogP contribution < -0.4 is 5.32 Å². The Morgan fingerprint density at radius 3 is 2.82 bits per heavy atom. The molecular formula is C23H27ClN2O2. The first-order valence-corrected chi connectivity index (χ1v) is 10.5. The molecule has 4 nitrogen and oxygen atoms in total. The van der Waals surface area contributed by atoms with Gasteiger partial charge in [0.15, 0.2) is 0 Å². The average Bonchev–Trinajstić information content (AvgIpc) is 2.68. The minimum Gasteiger partial charge on any atom is -0.387 e. The molecule has 1 unspecified atom stereocenters. The number of anilines is 1. The zero-order chi connectivity index (χ0) is 19.5. The van der Waals surface area contributed by atoms with E-state index in [1.54, 1.807) is 0 Å². The summed E-state index contributed by atoms with van der Waals surface area (Å²) in [6, 6.07) is 14.4. The Kier molecular flexibility index (Phi) is 6.00. The number of amides is 1. The van der Waals surface area contributed by atoms with Gasteiger partial charge in [0.25, 0.3) is 0 Å². The molecule has 1 fully saturated rings. The zero-order valence-electron chi connectivity index (χ0n) is 16.0. The third kappa shape index (κ3) is 4.40. The smallest absolute Gasteiger partial charge is 0.224 e. The molecule has 2 aromatic rings. The fourth-order valence-electron chi connectivity index (χ4n) is 4.54. The van der Waals surface area contributed by atoms with Gasteiger partial charge in [0, 0.05) is 30.1 Å². The average molecular weight is 399 g/mol. The summed E-state index contributed by atoms with van der Waals surface area (Å²) >= 11 is 6.43. The van der Waals surface area contributed by atoms with Crippen LogP contribution in [-0.4, -0.2) is 35.5 Å². The number of piperidine rings is 1. The fourth-order valence-corrected chi connectivity index (χ4v) is 4.82. The second kappa shape index (κ2) is 8.64. The SMILES string of the molecule is O=C1CCc2ccc(Cl)c(C(O)CN3CCC[C@@H](Cc4ccccc4)C3)c2N1. The number of aliphatic hydroxyl groups is 1. The molecule has 0 aromatic heterocycles. The van der Waals surface area contributed by atoms with Gasteiger partial charge >= 0.3 is 0 Å². The van der Waals surface area contributed by atoms with Crippen LogP contribution >= 0.6 is 11.6 Å². The van der Waals surface area contributed by atoms with Crippen LogP contribution in [0.5, 0.6) is 0 Å². The van der Waals surface area contributed by atoms with Crippen molar-refractivity contribution in [2.75, 3.05) is 25.0 Å². The number of rotatable bonds is 5. The van der Waals surface area contributed by atoms with Crippen LogP contribution in [0.4, 0.5) is 5.69 Å². The summed E-state index contributed by atoms with van der Waals surface area (Å²) in [5, 5.41) is 14.4. The predicted octanol–water partition coefficient (Wildman–Crippen LogP) is 4.21. The maximum atomic E-state index is 11.9. The summed E-state index contributed by atoms with van der Waals surface area (Å²) in [7, 11) is 0. The first-order chi connectivity index (χ1) is 13.6. The van der Waals surface area contributed by atoms with E-state index in [0.29, 0.717) is 41.6 Å². The van der Waals surface area contributed by atoms with E-state index < -0.39 is 6.10 Å². The minimum atomic E-state index is -0.712. The summed E-state index contributed by atoms with van der Waals surface area (Å²) in [6.07, 6.45) is 3.90. The number of hydrogen-bond donors (Lipinski definition) is 2. The number of carbonyl (C=O) groups is 1. The van der Waals surface area contributed by atoms with Crippen LogP contribution in [0.15, 0.2) is 42.5 Å². The molecular weight excluding hydrogens is 372 g/mol. The Balaban J connectivity index is 1.45. The standard InChI is InChI=1S/C23H27ClN2O2/c24-19-10-8-18-9-11-21(28)25-23(18)22(19)20(27)15-26-12-4-7-17(14-26)13-16-5-2-1-3-6-16/h1-3,5-6,8,10,17,20,27H,4,7,9,11-15H2,(H,25,28)/t17-,20?/m0/s1. The second-order valence-electron chi connectivity index (χ2n) is 8.02. The molecule has 1 saturated heterocycles. The van der Waals surface area contributed by atoms with E-state index >= 15 is 0 Å². The molecule has 0 radical (unpaired) electrons. The van der Waals surface area contributed by atoms with Crippen molar-refractivity contribution in [3.8, 4) is 0 Å². The van der Waals surface area contributed by atoms with Gasteiger partial charge in [0.05, 0.1) is 11.8 Å². The van der Waals surface area contributed by atoms with Crippen LogP contribution in [0.3, 0.4) is 0 Å². The maximum Gasteiger partial charge on any atom is 0.224 e. The molecule has 0 spiro atoms. The molecule has 1 amide bonds. The van der Waals surface area contributed by atoms with Gasteiger partial charge in [-0.1, -0.05) is 48.0 Å². The number of halogens is 1. The van der Waals surface area contributed by atoms with E-state index in [-0.39, 0.29) is 5.91 Å². The van der Waals surface area contributed by atoms with Gasteiger partial charge < -0.3 is 15.3 Å². The molecule has 0 bridgehead atoms. The fraction of sp³-hybridized carbons (Fsp3) is 0.435. The molecule has 148 valence electrons. The van der Waals surface area contributed by atoms with Crippen molar-refractivity contribution in [1.29, 1.82) is 0 Å². The van der Waals surface area contributed by atoms with Crippen molar-refractivity contribution >= 4 is 23.2 Å². The first kappa shape index (κ1) is 19.4. The van der Waals surface area contributed by atoms with Crippen LogP contribution in [0.1, 0.15) is 42.1 Å². The summed E-state index contributed by atoms with van der Waals surface area (Å²) in [6.45, 7) is 2.50.